The van der Waals surface area contributed by atoms with E-state index in [1.165, 1.54) is 0 Å². The molecule has 0 bridgehead atoms. The smallest absolute Gasteiger partial charge is 0.242 e. The molecular formula is C26H25Cl3N2O2S. The van der Waals surface area contributed by atoms with Crippen LogP contribution in [0.2, 0.25) is 15.1 Å². The Morgan fingerprint density at radius 2 is 1.56 bits per heavy atom. The van der Waals surface area contributed by atoms with Crippen LogP contribution in [0, 0.1) is 0 Å². The van der Waals surface area contributed by atoms with Crippen LogP contribution in [0.4, 0.5) is 0 Å². The van der Waals surface area contributed by atoms with Gasteiger partial charge < -0.3 is 10.2 Å². The van der Waals surface area contributed by atoms with Gasteiger partial charge in [-0.15, -0.1) is 11.8 Å². The van der Waals surface area contributed by atoms with E-state index in [1.807, 2.05) is 54.6 Å². The molecule has 1 N–H and O–H groups in total. The average molecular weight is 536 g/mol. The second kappa shape index (κ2) is 13.1. The summed E-state index contributed by atoms with van der Waals surface area (Å²) >= 11 is 20.3. The predicted octanol–water partition coefficient (Wildman–Crippen LogP) is 6.52. The highest BCUT2D eigenvalue weighted by molar-refractivity contribution is 7.99. The maximum absolute atomic E-state index is 13.5. The zero-order valence-electron chi connectivity index (χ0n) is 18.6. The summed E-state index contributed by atoms with van der Waals surface area (Å²) in [6.07, 6.45) is 0.621. The Balaban J connectivity index is 1.85. The SMILES string of the molecule is CNC(=O)[C@H](Cc1ccccc1)N(Cc1c(Cl)cccc1Cl)C(=O)CCSc1ccc(Cl)cc1. The molecule has 0 heterocycles. The standard InChI is InChI=1S/C26H25Cl3N2O2S/c1-30-26(33)24(16-18-6-3-2-4-7-18)31(17-21-22(28)8-5-9-23(21)29)25(32)14-15-34-20-12-10-19(27)11-13-20/h2-13,24H,14-17H2,1H3,(H,30,33)/t24-/m0/s1. The number of benzene rings is 3. The molecule has 0 saturated heterocycles. The Morgan fingerprint density at radius 3 is 2.18 bits per heavy atom. The van der Waals surface area contributed by atoms with Crippen molar-refractivity contribution in [1.29, 1.82) is 0 Å². The van der Waals surface area contributed by atoms with E-state index in [4.69, 9.17) is 34.8 Å². The molecule has 178 valence electrons. The van der Waals surface area contributed by atoms with Gasteiger partial charge in [-0.1, -0.05) is 71.2 Å². The number of likely N-dealkylation sites (N-methyl/N-ethyl adjacent to an activating group) is 1. The van der Waals surface area contributed by atoms with Crippen LogP contribution in [0.15, 0.2) is 77.7 Å². The Kier molecular flexibility index (Phi) is 10.1. The second-order valence-electron chi connectivity index (χ2n) is 7.59. The first-order chi connectivity index (χ1) is 16.4. The number of hydrogen-bond acceptors (Lipinski definition) is 3. The van der Waals surface area contributed by atoms with Gasteiger partial charge in [-0.3, -0.25) is 9.59 Å². The summed E-state index contributed by atoms with van der Waals surface area (Å²) < 4.78 is 0. The first kappa shape index (κ1) is 26.4. The minimum Gasteiger partial charge on any atom is -0.357 e. The number of hydrogen-bond donors (Lipinski definition) is 1. The molecule has 0 saturated carbocycles. The molecule has 0 aliphatic carbocycles. The van der Waals surface area contributed by atoms with Gasteiger partial charge in [0.05, 0.1) is 0 Å². The minimum absolute atomic E-state index is 0.133. The topological polar surface area (TPSA) is 49.4 Å². The highest BCUT2D eigenvalue weighted by Crippen LogP contribution is 2.28. The van der Waals surface area contributed by atoms with Crippen molar-refractivity contribution < 1.29 is 9.59 Å². The maximum atomic E-state index is 13.5. The minimum atomic E-state index is -0.715. The molecule has 0 fully saturated rings. The van der Waals surface area contributed by atoms with Gasteiger partial charge in [0.2, 0.25) is 11.8 Å². The van der Waals surface area contributed by atoms with Crippen molar-refractivity contribution >= 4 is 58.4 Å². The van der Waals surface area contributed by atoms with Crippen LogP contribution < -0.4 is 5.32 Å². The molecule has 3 aromatic carbocycles. The lowest BCUT2D eigenvalue weighted by molar-refractivity contribution is -0.140. The number of rotatable bonds is 10. The Hall–Kier alpha value is -2.18. The normalized spacial score (nSPS) is 11.6. The summed E-state index contributed by atoms with van der Waals surface area (Å²) in [6, 6.07) is 21.6. The van der Waals surface area contributed by atoms with Crippen molar-refractivity contribution in [3.05, 3.63) is 99.0 Å². The van der Waals surface area contributed by atoms with Gasteiger partial charge >= 0.3 is 0 Å². The first-order valence-electron chi connectivity index (χ1n) is 10.7. The number of nitrogens with zero attached hydrogens (tertiary/aromatic N) is 1. The lowest BCUT2D eigenvalue weighted by Gasteiger charge is -2.31. The molecule has 8 heteroatoms. The van der Waals surface area contributed by atoms with Gasteiger partial charge in [-0.25, -0.2) is 0 Å². The maximum Gasteiger partial charge on any atom is 0.242 e. The average Bonchev–Trinajstić information content (AvgIpc) is 2.84. The molecule has 0 spiro atoms. The number of carbonyl (C=O) groups excluding carboxylic acids is 2. The van der Waals surface area contributed by atoms with Gasteiger partial charge in [0.15, 0.2) is 0 Å². The molecule has 34 heavy (non-hydrogen) atoms. The molecule has 3 aromatic rings. The monoisotopic (exact) mass is 534 g/mol. The molecule has 0 unspecified atom stereocenters. The third-order valence-corrected chi connectivity index (χ3v) is 7.28. The third-order valence-electron chi connectivity index (χ3n) is 5.31. The van der Waals surface area contributed by atoms with Crippen LogP contribution in [0.25, 0.3) is 0 Å². The van der Waals surface area contributed by atoms with Gasteiger partial charge in [0.25, 0.3) is 0 Å². The number of nitrogens with one attached hydrogen (secondary N) is 1. The van der Waals surface area contributed by atoms with Crippen LogP contribution in [0.5, 0.6) is 0 Å². The van der Waals surface area contributed by atoms with Crippen LogP contribution in [-0.4, -0.2) is 35.6 Å². The van der Waals surface area contributed by atoms with Crippen molar-refractivity contribution in [2.45, 2.75) is 30.3 Å². The van der Waals surface area contributed by atoms with Gasteiger partial charge in [-0.2, -0.15) is 0 Å². The van der Waals surface area contributed by atoms with Crippen molar-refractivity contribution in [1.82, 2.24) is 10.2 Å². The van der Waals surface area contributed by atoms with E-state index in [1.54, 1.807) is 41.9 Å². The first-order valence-corrected chi connectivity index (χ1v) is 12.9. The Labute approximate surface area is 219 Å². The highest BCUT2D eigenvalue weighted by atomic mass is 35.5. The van der Waals surface area contributed by atoms with E-state index in [-0.39, 0.29) is 24.8 Å². The Morgan fingerprint density at radius 1 is 0.912 bits per heavy atom. The zero-order chi connectivity index (χ0) is 24.5. The second-order valence-corrected chi connectivity index (χ2v) is 10.0. The van der Waals surface area contributed by atoms with Crippen LogP contribution in [0.3, 0.4) is 0 Å². The number of amides is 2. The fourth-order valence-corrected chi connectivity index (χ4v) is 4.99. The van der Waals surface area contributed by atoms with Crippen molar-refractivity contribution in [3.63, 3.8) is 0 Å². The van der Waals surface area contributed by atoms with E-state index in [0.717, 1.165) is 10.5 Å². The molecule has 4 nitrogen and oxygen atoms in total. The summed E-state index contributed by atoms with van der Waals surface area (Å²) in [7, 11) is 1.57. The molecular weight excluding hydrogens is 511 g/mol. The number of carbonyl (C=O) groups is 2. The highest BCUT2D eigenvalue weighted by Gasteiger charge is 2.30. The van der Waals surface area contributed by atoms with Gasteiger partial charge in [-0.05, 0) is 42.0 Å². The molecule has 0 aliphatic heterocycles. The van der Waals surface area contributed by atoms with Crippen LogP contribution in [0.1, 0.15) is 17.5 Å². The molecule has 3 rings (SSSR count). The lowest BCUT2D eigenvalue weighted by Crippen LogP contribution is -2.49. The molecule has 1 atom stereocenters. The fraction of sp³-hybridized carbons (Fsp3) is 0.231. The Bertz CT molecular complexity index is 1090. The van der Waals surface area contributed by atoms with Gasteiger partial charge in [0.1, 0.15) is 6.04 Å². The van der Waals surface area contributed by atoms with E-state index in [2.05, 4.69) is 5.32 Å². The summed E-state index contributed by atoms with van der Waals surface area (Å²) in [5.41, 5.74) is 1.57. The summed E-state index contributed by atoms with van der Waals surface area (Å²) in [5.74, 6) is 0.159. The third kappa shape index (κ3) is 7.41. The number of thioether (sulfide) groups is 1. The summed E-state index contributed by atoms with van der Waals surface area (Å²) in [5, 5.41) is 4.28. The summed E-state index contributed by atoms with van der Waals surface area (Å²) in [6.45, 7) is 0.133. The number of halogens is 3. The quantitative estimate of drug-likeness (QED) is 0.301. The molecule has 0 aliphatic rings. The van der Waals surface area contributed by atoms with Crippen molar-refractivity contribution in [2.24, 2.45) is 0 Å². The zero-order valence-corrected chi connectivity index (χ0v) is 21.7. The molecule has 0 radical (unpaired) electrons. The van der Waals surface area contributed by atoms with E-state index < -0.39 is 6.04 Å². The molecule has 0 aromatic heterocycles. The van der Waals surface area contributed by atoms with Crippen LogP contribution >= 0.6 is 46.6 Å². The van der Waals surface area contributed by atoms with E-state index in [0.29, 0.717) is 32.8 Å². The largest absolute Gasteiger partial charge is 0.357 e. The van der Waals surface area contributed by atoms with Crippen LogP contribution in [-0.2, 0) is 22.6 Å². The van der Waals surface area contributed by atoms with Crippen molar-refractivity contribution in [3.8, 4) is 0 Å². The predicted molar refractivity (Wildman–Crippen MR) is 142 cm³/mol. The van der Waals surface area contributed by atoms with E-state index in [9.17, 15) is 9.59 Å². The van der Waals surface area contributed by atoms with E-state index >= 15 is 0 Å². The van der Waals surface area contributed by atoms with Crippen molar-refractivity contribution in [2.75, 3.05) is 12.8 Å². The summed E-state index contributed by atoms with van der Waals surface area (Å²) in [4.78, 5) is 29.1. The van der Waals surface area contributed by atoms with Gasteiger partial charge in [0, 0.05) is 57.7 Å². The fourth-order valence-electron chi connectivity index (χ4n) is 3.50. The lowest BCUT2D eigenvalue weighted by atomic mass is 10.0. The molecule has 2 amide bonds.